The minimum Gasteiger partial charge on any atom is -0.469 e. The molecule has 22 heavy (non-hydrogen) atoms. The lowest BCUT2D eigenvalue weighted by molar-refractivity contribution is -0.140. The van der Waals surface area contributed by atoms with Crippen LogP contribution in [0.15, 0.2) is 16.8 Å². The number of carbonyl (C=O) groups is 3. The van der Waals surface area contributed by atoms with Crippen LogP contribution in [0.1, 0.15) is 32.7 Å². The number of thiophene rings is 2. The van der Waals surface area contributed by atoms with Gasteiger partial charge < -0.3 is 4.74 Å². The van der Waals surface area contributed by atoms with Gasteiger partial charge in [-0.15, -0.1) is 22.7 Å². The number of fused-ring (bicyclic) bond motifs is 1. The van der Waals surface area contributed by atoms with E-state index in [-0.39, 0.29) is 24.8 Å². The molecule has 0 spiro atoms. The van der Waals surface area contributed by atoms with Crippen LogP contribution in [0.4, 0.5) is 0 Å². The number of esters is 1. The van der Waals surface area contributed by atoms with Crippen molar-refractivity contribution in [2.75, 3.05) is 13.7 Å². The van der Waals surface area contributed by atoms with Crippen LogP contribution in [0.5, 0.6) is 0 Å². The molecule has 2 amide bonds. The lowest BCUT2D eigenvalue weighted by Crippen LogP contribution is -2.32. The highest BCUT2D eigenvalue weighted by atomic mass is 32.1. The van der Waals surface area contributed by atoms with E-state index >= 15 is 0 Å². The Balaban J connectivity index is 1.92. The SMILES string of the molecule is COC(=O)CCN1C(=O)c2csc(-c3sccc3C)c2C1=O. The molecule has 0 aromatic carbocycles. The van der Waals surface area contributed by atoms with Crippen molar-refractivity contribution in [1.29, 1.82) is 0 Å². The van der Waals surface area contributed by atoms with Crippen LogP contribution < -0.4 is 0 Å². The smallest absolute Gasteiger partial charge is 0.307 e. The van der Waals surface area contributed by atoms with Gasteiger partial charge in [-0.1, -0.05) is 0 Å². The zero-order valence-corrected chi connectivity index (χ0v) is 13.7. The summed E-state index contributed by atoms with van der Waals surface area (Å²) in [4.78, 5) is 39.1. The first-order chi connectivity index (χ1) is 10.5. The quantitative estimate of drug-likeness (QED) is 0.636. The van der Waals surface area contributed by atoms with Crippen LogP contribution in [0.25, 0.3) is 9.75 Å². The van der Waals surface area contributed by atoms with Gasteiger partial charge in [0, 0.05) is 16.8 Å². The Labute approximate surface area is 135 Å². The van der Waals surface area contributed by atoms with Crippen LogP contribution in [-0.2, 0) is 9.53 Å². The van der Waals surface area contributed by atoms with E-state index in [2.05, 4.69) is 4.74 Å². The van der Waals surface area contributed by atoms with Crippen molar-refractivity contribution in [3.8, 4) is 9.75 Å². The first kappa shape index (κ1) is 14.9. The second-order valence-corrected chi connectivity index (χ2v) is 6.67. The van der Waals surface area contributed by atoms with Gasteiger partial charge in [-0.05, 0) is 23.9 Å². The molecule has 1 aliphatic rings. The number of ether oxygens (including phenoxy) is 1. The molecular formula is C15H13NO4S2. The van der Waals surface area contributed by atoms with Gasteiger partial charge in [-0.25, -0.2) is 0 Å². The fraction of sp³-hybridized carbons (Fsp3) is 0.267. The molecule has 2 aromatic heterocycles. The molecule has 0 bridgehead atoms. The molecule has 7 heteroatoms. The van der Waals surface area contributed by atoms with Gasteiger partial charge in [0.2, 0.25) is 0 Å². The molecule has 3 rings (SSSR count). The Morgan fingerprint density at radius 2 is 2.00 bits per heavy atom. The normalized spacial score (nSPS) is 13.6. The molecule has 0 saturated heterocycles. The maximum absolute atomic E-state index is 12.6. The van der Waals surface area contributed by atoms with E-state index in [1.165, 1.54) is 18.4 Å². The first-order valence-electron chi connectivity index (χ1n) is 6.63. The average molecular weight is 335 g/mol. The largest absolute Gasteiger partial charge is 0.469 e. The van der Waals surface area contributed by atoms with Crippen LogP contribution in [-0.4, -0.2) is 36.3 Å². The van der Waals surface area contributed by atoms with Crippen molar-refractivity contribution in [1.82, 2.24) is 4.90 Å². The molecular weight excluding hydrogens is 322 g/mol. The topological polar surface area (TPSA) is 63.7 Å². The fourth-order valence-corrected chi connectivity index (χ4v) is 4.58. The number of nitrogens with zero attached hydrogens (tertiary/aromatic N) is 1. The maximum Gasteiger partial charge on any atom is 0.307 e. The molecule has 0 N–H and O–H groups in total. The summed E-state index contributed by atoms with van der Waals surface area (Å²) in [5.74, 6) is -1.10. The minimum absolute atomic E-state index is 0.00897. The number of aryl methyl sites for hydroxylation is 1. The standard InChI is InChI=1S/C15H13NO4S2/c1-8-4-6-21-12(8)13-11-9(7-22-13)14(18)16(15(11)19)5-3-10(17)20-2/h4,6-7H,3,5H2,1-2H3. The lowest BCUT2D eigenvalue weighted by atomic mass is 10.1. The van der Waals surface area contributed by atoms with Crippen LogP contribution in [0.2, 0.25) is 0 Å². The van der Waals surface area contributed by atoms with Crippen molar-refractivity contribution in [3.63, 3.8) is 0 Å². The molecule has 0 fully saturated rings. The van der Waals surface area contributed by atoms with Crippen LogP contribution in [0, 0.1) is 6.92 Å². The number of methoxy groups -OCH3 is 1. The highest BCUT2D eigenvalue weighted by Crippen LogP contribution is 2.41. The van der Waals surface area contributed by atoms with E-state index < -0.39 is 5.97 Å². The number of hydrogen-bond donors (Lipinski definition) is 0. The number of rotatable bonds is 4. The molecule has 0 radical (unpaired) electrons. The van der Waals surface area contributed by atoms with E-state index in [9.17, 15) is 14.4 Å². The molecule has 0 aliphatic carbocycles. The lowest BCUT2D eigenvalue weighted by Gasteiger charge is -2.13. The third-order valence-electron chi connectivity index (χ3n) is 3.56. The summed E-state index contributed by atoms with van der Waals surface area (Å²) in [6.07, 6.45) is 0.00897. The summed E-state index contributed by atoms with van der Waals surface area (Å²) >= 11 is 2.97. The van der Waals surface area contributed by atoms with Gasteiger partial charge >= 0.3 is 5.97 Å². The Bertz CT molecular complexity index is 774. The Morgan fingerprint density at radius 1 is 1.23 bits per heavy atom. The number of carbonyl (C=O) groups excluding carboxylic acids is 3. The predicted molar refractivity (Wildman–Crippen MR) is 84.4 cm³/mol. The molecule has 114 valence electrons. The van der Waals surface area contributed by atoms with Crippen molar-refractivity contribution >= 4 is 40.5 Å². The molecule has 2 aromatic rings. The van der Waals surface area contributed by atoms with E-state index in [0.717, 1.165) is 20.2 Å². The summed E-state index contributed by atoms with van der Waals surface area (Å²) in [6.45, 7) is 2.03. The van der Waals surface area contributed by atoms with E-state index in [1.54, 1.807) is 16.7 Å². The van der Waals surface area contributed by atoms with E-state index in [0.29, 0.717) is 11.1 Å². The average Bonchev–Trinajstić information content (AvgIpc) is 3.16. The van der Waals surface area contributed by atoms with Gasteiger partial charge in [0.15, 0.2) is 0 Å². The van der Waals surface area contributed by atoms with Crippen LogP contribution in [0.3, 0.4) is 0 Å². The van der Waals surface area contributed by atoms with Gasteiger partial charge in [-0.3, -0.25) is 19.3 Å². The molecule has 3 heterocycles. The Morgan fingerprint density at radius 3 is 2.64 bits per heavy atom. The van der Waals surface area contributed by atoms with Gasteiger partial charge in [0.25, 0.3) is 11.8 Å². The zero-order chi connectivity index (χ0) is 15.9. The summed E-state index contributed by atoms with van der Waals surface area (Å²) in [6, 6.07) is 1.99. The van der Waals surface area contributed by atoms with Gasteiger partial charge in [-0.2, -0.15) is 0 Å². The zero-order valence-electron chi connectivity index (χ0n) is 12.0. The molecule has 0 atom stereocenters. The summed E-state index contributed by atoms with van der Waals surface area (Å²) in [7, 11) is 1.28. The first-order valence-corrected chi connectivity index (χ1v) is 8.39. The predicted octanol–water partition coefficient (Wildman–Crippen LogP) is 2.94. The van der Waals surface area contributed by atoms with Crippen LogP contribution >= 0.6 is 22.7 Å². The molecule has 5 nitrogen and oxygen atoms in total. The van der Waals surface area contributed by atoms with Gasteiger partial charge in [0.05, 0.1) is 29.5 Å². The van der Waals surface area contributed by atoms with Crippen molar-refractivity contribution in [3.05, 3.63) is 33.5 Å². The van der Waals surface area contributed by atoms with E-state index in [4.69, 9.17) is 0 Å². The highest BCUT2D eigenvalue weighted by molar-refractivity contribution is 7.21. The third kappa shape index (κ3) is 2.26. The Kier molecular flexibility index (Phi) is 3.84. The summed E-state index contributed by atoms with van der Waals surface area (Å²) < 4.78 is 4.55. The number of imide groups is 1. The second kappa shape index (κ2) is 5.66. The molecule has 0 saturated carbocycles. The minimum atomic E-state index is -0.440. The Hall–Kier alpha value is -1.99. The number of amides is 2. The maximum atomic E-state index is 12.6. The molecule has 0 unspecified atom stereocenters. The summed E-state index contributed by atoms with van der Waals surface area (Å²) in [5, 5.41) is 3.69. The second-order valence-electron chi connectivity index (χ2n) is 4.87. The summed E-state index contributed by atoms with van der Waals surface area (Å²) in [5.41, 5.74) is 1.98. The monoisotopic (exact) mass is 335 g/mol. The van der Waals surface area contributed by atoms with Crippen molar-refractivity contribution in [2.24, 2.45) is 0 Å². The highest BCUT2D eigenvalue weighted by Gasteiger charge is 2.39. The molecule has 1 aliphatic heterocycles. The van der Waals surface area contributed by atoms with Crippen molar-refractivity contribution < 1.29 is 19.1 Å². The third-order valence-corrected chi connectivity index (χ3v) is 5.72. The fourth-order valence-electron chi connectivity index (χ4n) is 2.38. The van der Waals surface area contributed by atoms with Crippen molar-refractivity contribution in [2.45, 2.75) is 13.3 Å². The van der Waals surface area contributed by atoms with E-state index in [1.807, 2.05) is 18.4 Å². The van der Waals surface area contributed by atoms with Gasteiger partial charge in [0.1, 0.15) is 0 Å². The number of hydrogen-bond acceptors (Lipinski definition) is 6.